The first-order chi connectivity index (χ1) is 11.2. The van der Waals surface area contributed by atoms with Crippen LogP contribution in [0.4, 0.5) is 5.82 Å². The van der Waals surface area contributed by atoms with Gasteiger partial charge in [-0.1, -0.05) is 0 Å². The summed E-state index contributed by atoms with van der Waals surface area (Å²) in [5.41, 5.74) is 9.10. The first-order valence-corrected chi connectivity index (χ1v) is 7.45. The number of hydrogen-bond donors (Lipinski definition) is 1. The molecule has 1 aliphatic rings. The van der Waals surface area contributed by atoms with E-state index in [-0.39, 0.29) is 0 Å². The molecule has 3 aromatic heterocycles. The summed E-state index contributed by atoms with van der Waals surface area (Å²) < 4.78 is 12.4. The highest BCUT2D eigenvalue weighted by atomic mass is 16.5. The number of nitrogens with zero attached hydrogens (tertiary/aromatic N) is 4. The topological polar surface area (TPSA) is 87.6 Å². The van der Waals surface area contributed by atoms with Crippen LogP contribution in [0, 0.1) is 0 Å². The van der Waals surface area contributed by atoms with Crippen LogP contribution < -0.4 is 15.2 Å². The summed E-state index contributed by atoms with van der Waals surface area (Å²) in [6.07, 6.45) is 4.03. The average molecular weight is 311 g/mol. The Morgan fingerprint density at radius 3 is 2.61 bits per heavy atom. The Labute approximate surface area is 133 Å². The minimum Gasteiger partial charge on any atom is -0.495 e. The van der Waals surface area contributed by atoms with Gasteiger partial charge in [0.1, 0.15) is 17.1 Å². The monoisotopic (exact) mass is 311 g/mol. The molecule has 4 rings (SSSR count). The van der Waals surface area contributed by atoms with E-state index in [4.69, 9.17) is 20.3 Å². The van der Waals surface area contributed by atoms with Crippen molar-refractivity contribution in [1.82, 2.24) is 19.6 Å². The highest BCUT2D eigenvalue weighted by Gasteiger charge is 2.29. The summed E-state index contributed by atoms with van der Waals surface area (Å²) in [4.78, 5) is 8.80. The normalized spacial score (nSPS) is 14.2. The van der Waals surface area contributed by atoms with Crippen molar-refractivity contribution in [3.05, 3.63) is 30.1 Å². The van der Waals surface area contributed by atoms with E-state index in [1.807, 2.05) is 12.1 Å². The summed E-state index contributed by atoms with van der Waals surface area (Å²) in [6.45, 7) is 0. The molecule has 0 aromatic carbocycles. The van der Waals surface area contributed by atoms with Gasteiger partial charge in [-0.05, 0) is 25.0 Å². The molecule has 0 amide bonds. The number of aromatic nitrogens is 4. The smallest absolute Gasteiger partial charge is 0.166 e. The van der Waals surface area contributed by atoms with Crippen LogP contribution in [-0.2, 0) is 0 Å². The van der Waals surface area contributed by atoms with E-state index in [9.17, 15) is 0 Å². The summed E-state index contributed by atoms with van der Waals surface area (Å²) in [6, 6.07) is 5.56. The van der Waals surface area contributed by atoms with E-state index in [1.54, 1.807) is 31.0 Å². The molecule has 0 radical (unpaired) electrons. The van der Waals surface area contributed by atoms with Crippen molar-refractivity contribution in [3.8, 4) is 22.9 Å². The number of anilines is 1. The van der Waals surface area contributed by atoms with E-state index >= 15 is 0 Å². The number of nitrogen functional groups attached to an aromatic ring is 1. The molecule has 0 bridgehead atoms. The van der Waals surface area contributed by atoms with Crippen molar-refractivity contribution in [1.29, 1.82) is 0 Å². The van der Waals surface area contributed by atoms with Crippen LogP contribution in [0.3, 0.4) is 0 Å². The van der Waals surface area contributed by atoms with E-state index in [0.29, 0.717) is 23.2 Å². The van der Waals surface area contributed by atoms with Crippen molar-refractivity contribution in [2.24, 2.45) is 0 Å². The maximum absolute atomic E-state index is 5.91. The lowest BCUT2D eigenvalue weighted by molar-refractivity contribution is 0.405. The molecular formula is C16H17N5O2. The van der Waals surface area contributed by atoms with Crippen LogP contribution in [0.15, 0.2) is 24.4 Å². The molecule has 0 atom stereocenters. The Bertz CT molecular complexity index is 886. The molecule has 23 heavy (non-hydrogen) atoms. The summed E-state index contributed by atoms with van der Waals surface area (Å²) in [5, 5.41) is 4.73. The minimum atomic E-state index is 0.343. The van der Waals surface area contributed by atoms with Gasteiger partial charge in [-0.25, -0.2) is 14.5 Å². The zero-order valence-electron chi connectivity index (χ0n) is 13.0. The Morgan fingerprint density at radius 2 is 1.96 bits per heavy atom. The second-order valence-electron chi connectivity index (χ2n) is 5.57. The van der Waals surface area contributed by atoms with E-state index in [0.717, 1.165) is 35.6 Å². The Morgan fingerprint density at radius 1 is 1.17 bits per heavy atom. The van der Waals surface area contributed by atoms with E-state index in [2.05, 4.69) is 9.97 Å². The molecule has 7 heteroatoms. The van der Waals surface area contributed by atoms with Gasteiger partial charge in [0.05, 0.1) is 26.1 Å². The highest BCUT2D eigenvalue weighted by Crippen LogP contribution is 2.43. The first-order valence-electron chi connectivity index (χ1n) is 7.45. The molecule has 1 saturated carbocycles. The highest BCUT2D eigenvalue weighted by molar-refractivity contribution is 5.64. The predicted octanol–water partition coefficient (Wildman–Crippen LogP) is 2.27. The van der Waals surface area contributed by atoms with E-state index < -0.39 is 0 Å². The van der Waals surface area contributed by atoms with Crippen LogP contribution in [0.1, 0.15) is 24.5 Å². The van der Waals surface area contributed by atoms with Gasteiger partial charge in [0.15, 0.2) is 17.2 Å². The predicted molar refractivity (Wildman–Crippen MR) is 85.7 cm³/mol. The molecule has 0 spiro atoms. The molecule has 7 nitrogen and oxygen atoms in total. The first kappa shape index (κ1) is 13.8. The Hall–Kier alpha value is -2.83. The number of methoxy groups -OCH3 is 2. The second-order valence-corrected chi connectivity index (χ2v) is 5.57. The van der Waals surface area contributed by atoms with Gasteiger partial charge >= 0.3 is 0 Å². The van der Waals surface area contributed by atoms with Crippen LogP contribution in [0.25, 0.3) is 17.0 Å². The van der Waals surface area contributed by atoms with E-state index in [1.165, 1.54) is 0 Å². The molecule has 0 aliphatic heterocycles. The maximum atomic E-state index is 5.91. The van der Waals surface area contributed by atoms with Gasteiger partial charge < -0.3 is 15.2 Å². The zero-order chi connectivity index (χ0) is 16.0. The number of pyridine rings is 1. The van der Waals surface area contributed by atoms with Gasteiger partial charge in [0, 0.05) is 12.0 Å². The fraction of sp³-hybridized carbons (Fsp3) is 0.312. The third-order valence-electron chi connectivity index (χ3n) is 4.04. The minimum absolute atomic E-state index is 0.343. The molecule has 0 saturated heterocycles. The molecule has 1 aliphatic carbocycles. The third-order valence-corrected chi connectivity index (χ3v) is 4.04. The fourth-order valence-electron chi connectivity index (χ4n) is 2.67. The fourth-order valence-corrected chi connectivity index (χ4v) is 2.67. The lowest BCUT2D eigenvalue weighted by Gasteiger charge is -2.09. The summed E-state index contributed by atoms with van der Waals surface area (Å²) >= 11 is 0. The number of nitrogens with two attached hydrogens (primary N) is 1. The molecule has 3 aromatic rings. The Kier molecular flexibility index (Phi) is 3.07. The standard InChI is InChI=1S/C16H17N5O2/c1-22-12-6-5-10(19-16(12)17)11-8-18-14-7-13(23-2)15(9-3-4-9)20-21(11)14/h5-9H,3-4H2,1-2H3,(H2,17,19). The lowest BCUT2D eigenvalue weighted by atomic mass is 10.2. The Balaban J connectivity index is 1.87. The number of ether oxygens (including phenoxy) is 2. The van der Waals surface area contributed by atoms with Crippen molar-refractivity contribution >= 4 is 11.5 Å². The van der Waals surface area contributed by atoms with Crippen LogP contribution in [-0.4, -0.2) is 33.8 Å². The van der Waals surface area contributed by atoms with Gasteiger partial charge in [0.25, 0.3) is 0 Å². The van der Waals surface area contributed by atoms with Gasteiger partial charge in [-0.15, -0.1) is 0 Å². The quantitative estimate of drug-likeness (QED) is 0.795. The second kappa shape index (κ2) is 5.12. The third kappa shape index (κ3) is 2.25. The molecule has 0 unspecified atom stereocenters. The number of fused-ring (bicyclic) bond motifs is 1. The number of hydrogen-bond acceptors (Lipinski definition) is 6. The molecule has 1 fully saturated rings. The van der Waals surface area contributed by atoms with Crippen LogP contribution >= 0.6 is 0 Å². The van der Waals surface area contributed by atoms with Crippen molar-refractivity contribution in [2.75, 3.05) is 20.0 Å². The molecule has 3 heterocycles. The van der Waals surface area contributed by atoms with Crippen molar-refractivity contribution < 1.29 is 9.47 Å². The summed E-state index contributed by atoms with van der Waals surface area (Å²) in [7, 11) is 3.23. The van der Waals surface area contributed by atoms with Gasteiger partial charge in [-0.2, -0.15) is 5.10 Å². The number of imidazole rings is 1. The molecule has 118 valence electrons. The van der Waals surface area contributed by atoms with Gasteiger partial charge in [-0.3, -0.25) is 0 Å². The van der Waals surface area contributed by atoms with Crippen molar-refractivity contribution in [2.45, 2.75) is 18.8 Å². The average Bonchev–Trinajstić information content (AvgIpc) is 3.33. The molecule has 2 N–H and O–H groups in total. The maximum Gasteiger partial charge on any atom is 0.166 e. The summed E-state index contributed by atoms with van der Waals surface area (Å²) in [5.74, 6) is 2.16. The van der Waals surface area contributed by atoms with Gasteiger partial charge in [0.2, 0.25) is 0 Å². The SMILES string of the molecule is COc1ccc(-c2cnc3cc(OC)c(C4CC4)nn23)nc1N. The molecular weight excluding hydrogens is 294 g/mol. The van der Waals surface area contributed by atoms with Crippen LogP contribution in [0.2, 0.25) is 0 Å². The lowest BCUT2D eigenvalue weighted by Crippen LogP contribution is -2.03. The van der Waals surface area contributed by atoms with Crippen molar-refractivity contribution in [3.63, 3.8) is 0 Å². The number of rotatable bonds is 4. The zero-order valence-corrected chi connectivity index (χ0v) is 13.0. The largest absolute Gasteiger partial charge is 0.495 e. The van der Waals surface area contributed by atoms with Crippen LogP contribution in [0.5, 0.6) is 11.5 Å².